The second-order valence-corrected chi connectivity index (χ2v) is 3.89. The van der Waals surface area contributed by atoms with E-state index in [0.29, 0.717) is 6.61 Å². The van der Waals surface area contributed by atoms with Gasteiger partial charge in [0.25, 0.3) is 0 Å². The van der Waals surface area contributed by atoms with Crippen LogP contribution >= 0.6 is 0 Å². The third kappa shape index (κ3) is 4.54. The summed E-state index contributed by atoms with van der Waals surface area (Å²) in [5.41, 5.74) is 2.04. The van der Waals surface area contributed by atoms with Gasteiger partial charge in [-0.25, -0.2) is 0 Å². The fraction of sp³-hybridized carbons (Fsp3) is 0.462. The number of hydrogen-bond donors (Lipinski definition) is 2. The van der Waals surface area contributed by atoms with E-state index in [2.05, 4.69) is 5.32 Å². The minimum absolute atomic E-state index is 0.0876. The van der Waals surface area contributed by atoms with Gasteiger partial charge >= 0.3 is 5.97 Å². The molecule has 0 aliphatic rings. The molecule has 0 bridgehead atoms. The Kier molecular flexibility index (Phi) is 5.66. The summed E-state index contributed by atoms with van der Waals surface area (Å²) in [5, 5.41) is 12.1. The number of carboxylic acids is 1. The fourth-order valence-electron chi connectivity index (χ4n) is 1.80. The zero-order chi connectivity index (χ0) is 12.7. The van der Waals surface area contributed by atoms with Crippen molar-refractivity contribution in [1.82, 2.24) is 5.32 Å². The molecule has 4 nitrogen and oxygen atoms in total. The van der Waals surface area contributed by atoms with Gasteiger partial charge in [0.1, 0.15) is 0 Å². The number of benzene rings is 1. The highest BCUT2D eigenvalue weighted by molar-refractivity contribution is 5.68. The molecule has 2 N–H and O–H groups in total. The van der Waals surface area contributed by atoms with Crippen LogP contribution in [0.5, 0.6) is 0 Å². The smallest absolute Gasteiger partial charge is 0.305 e. The number of ether oxygens (including phenoxy) is 1. The van der Waals surface area contributed by atoms with Crippen molar-refractivity contribution in [3.8, 4) is 0 Å². The minimum Gasteiger partial charge on any atom is -0.481 e. The standard InChI is InChI=1S/C13H19NO3/c1-3-14-12(8-13(15)16)11-6-4-5-10(7-11)9-17-2/h4-7,12,14H,3,8-9H2,1-2H3,(H,15,16). The van der Waals surface area contributed by atoms with E-state index in [0.717, 1.165) is 17.7 Å². The third-order valence-electron chi connectivity index (χ3n) is 2.49. The number of hydrogen-bond acceptors (Lipinski definition) is 3. The van der Waals surface area contributed by atoms with Crippen LogP contribution < -0.4 is 5.32 Å². The Morgan fingerprint density at radius 3 is 2.88 bits per heavy atom. The van der Waals surface area contributed by atoms with E-state index in [1.807, 2.05) is 31.2 Å². The van der Waals surface area contributed by atoms with Crippen LogP contribution in [0.4, 0.5) is 0 Å². The summed E-state index contributed by atoms with van der Waals surface area (Å²) in [5.74, 6) is -0.798. The summed E-state index contributed by atoms with van der Waals surface area (Å²) in [6.45, 7) is 3.25. The molecule has 1 unspecified atom stereocenters. The van der Waals surface area contributed by atoms with Crippen LogP contribution in [0.15, 0.2) is 24.3 Å². The van der Waals surface area contributed by atoms with E-state index < -0.39 is 5.97 Å². The Labute approximate surface area is 102 Å². The number of aliphatic carboxylic acids is 1. The maximum atomic E-state index is 10.8. The monoisotopic (exact) mass is 237 g/mol. The van der Waals surface area contributed by atoms with Gasteiger partial charge in [-0.2, -0.15) is 0 Å². The number of carbonyl (C=O) groups is 1. The second-order valence-electron chi connectivity index (χ2n) is 3.89. The molecule has 0 saturated heterocycles. The predicted octanol–water partition coefficient (Wildman–Crippen LogP) is 1.96. The van der Waals surface area contributed by atoms with Gasteiger partial charge in [-0.05, 0) is 17.7 Å². The van der Waals surface area contributed by atoms with Crippen LogP contribution in [0, 0.1) is 0 Å². The number of nitrogens with one attached hydrogen (secondary N) is 1. The maximum Gasteiger partial charge on any atom is 0.305 e. The molecule has 4 heteroatoms. The average Bonchev–Trinajstić information content (AvgIpc) is 2.29. The molecule has 94 valence electrons. The molecule has 1 aromatic carbocycles. The quantitative estimate of drug-likeness (QED) is 0.761. The Morgan fingerprint density at radius 2 is 2.29 bits per heavy atom. The summed E-state index contributed by atoms with van der Waals surface area (Å²) in [6, 6.07) is 7.68. The second kappa shape index (κ2) is 7.04. The molecular formula is C13H19NO3. The number of carboxylic acid groups (broad SMARTS) is 1. The van der Waals surface area contributed by atoms with Gasteiger partial charge in [-0.3, -0.25) is 4.79 Å². The molecule has 1 atom stereocenters. The Hall–Kier alpha value is -1.39. The lowest BCUT2D eigenvalue weighted by Gasteiger charge is -2.17. The highest BCUT2D eigenvalue weighted by Crippen LogP contribution is 2.18. The van der Waals surface area contributed by atoms with Crippen molar-refractivity contribution < 1.29 is 14.6 Å². The van der Waals surface area contributed by atoms with Crippen molar-refractivity contribution >= 4 is 5.97 Å². The van der Waals surface area contributed by atoms with Crippen molar-refractivity contribution in [1.29, 1.82) is 0 Å². The van der Waals surface area contributed by atoms with Crippen LogP contribution in [-0.2, 0) is 16.1 Å². The Morgan fingerprint density at radius 1 is 1.53 bits per heavy atom. The first kappa shape index (κ1) is 13.7. The SMILES string of the molecule is CCNC(CC(=O)O)c1cccc(COC)c1. The van der Waals surface area contributed by atoms with Crippen molar-refractivity contribution in [3.63, 3.8) is 0 Å². The number of rotatable bonds is 7. The molecule has 17 heavy (non-hydrogen) atoms. The summed E-state index contributed by atoms with van der Waals surface area (Å²) in [7, 11) is 1.64. The van der Waals surface area contributed by atoms with Gasteiger partial charge in [0.2, 0.25) is 0 Å². The highest BCUT2D eigenvalue weighted by atomic mass is 16.5. The van der Waals surface area contributed by atoms with Gasteiger partial charge in [-0.15, -0.1) is 0 Å². The topological polar surface area (TPSA) is 58.6 Å². The van der Waals surface area contributed by atoms with Gasteiger partial charge in [0, 0.05) is 13.2 Å². The van der Waals surface area contributed by atoms with Crippen LogP contribution in [-0.4, -0.2) is 24.7 Å². The van der Waals surface area contributed by atoms with Crippen molar-refractivity contribution in [2.75, 3.05) is 13.7 Å². The molecule has 1 rings (SSSR count). The first-order valence-electron chi connectivity index (χ1n) is 5.70. The molecule has 0 saturated carbocycles. The lowest BCUT2D eigenvalue weighted by Crippen LogP contribution is -2.23. The highest BCUT2D eigenvalue weighted by Gasteiger charge is 2.14. The Balaban J connectivity index is 2.84. The molecular weight excluding hydrogens is 218 g/mol. The molecule has 0 amide bonds. The molecule has 0 aromatic heterocycles. The largest absolute Gasteiger partial charge is 0.481 e. The van der Waals surface area contributed by atoms with Crippen LogP contribution in [0.2, 0.25) is 0 Å². The maximum absolute atomic E-state index is 10.8. The molecule has 1 aromatic rings. The lowest BCUT2D eigenvalue weighted by molar-refractivity contribution is -0.137. The molecule has 0 radical (unpaired) electrons. The zero-order valence-electron chi connectivity index (χ0n) is 10.3. The molecule has 0 spiro atoms. The summed E-state index contributed by atoms with van der Waals surface area (Å²) in [6.07, 6.45) is 0.0876. The van der Waals surface area contributed by atoms with E-state index in [4.69, 9.17) is 9.84 Å². The third-order valence-corrected chi connectivity index (χ3v) is 2.49. The summed E-state index contributed by atoms with van der Waals surface area (Å²) in [4.78, 5) is 10.8. The van der Waals surface area contributed by atoms with Crippen LogP contribution in [0.1, 0.15) is 30.5 Å². The first-order chi connectivity index (χ1) is 8.17. The number of methoxy groups -OCH3 is 1. The molecule has 0 aliphatic carbocycles. The lowest BCUT2D eigenvalue weighted by atomic mass is 10.0. The van der Waals surface area contributed by atoms with Crippen LogP contribution in [0.25, 0.3) is 0 Å². The normalized spacial score (nSPS) is 12.4. The minimum atomic E-state index is -0.798. The van der Waals surface area contributed by atoms with Gasteiger partial charge < -0.3 is 15.2 Å². The molecule has 0 heterocycles. The van der Waals surface area contributed by atoms with Gasteiger partial charge in [-0.1, -0.05) is 31.2 Å². The van der Waals surface area contributed by atoms with E-state index in [1.54, 1.807) is 7.11 Å². The molecule has 0 fully saturated rings. The average molecular weight is 237 g/mol. The van der Waals surface area contributed by atoms with Crippen molar-refractivity contribution in [2.24, 2.45) is 0 Å². The van der Waals surface area contributed by atoms with Gasteiger partial charge in [0.15, 0.2) is 0 Å². The first-order valence-corrected chi connectivity index (χ1v) is 5.70. The summed E-state index contributed by atoms with van der Waals surface area (Å²) >= 11 is 0. The van der Waals surface area contributed by atoms with E-state index in [9.17, 15) is 4.79 Å². The predicted molar refractivity (Wildman–Crippen MR) is 65.8 cm³/mol. The van der Waals surface area contributed by atoms with E-state index in [1.165, 1.54) is 0 Å². The van der Waals surface area contributed by atoms with E-state index >= 15 is 0 Å². The van der Waals surface area contributed by atoms with Crippen LogP contribution in [0.3, 0.4) is 0 Å². The fourth-order valence-corrected chi connectivity index (χ4v) is 1.80. The molecule has 0 aliphatic heterocycles. The van der Waals surface area contributed by atoms with Crippen molar-refractivity contribution in [2.45, 2.75) is 26.0 Å². The van der Waals surface area contributed by atoms with E-state index in [-0.39, 0.29) is 12.5 Å². The van der Waals surface area contributed by atoms with Gasteiger partial charge in [0.05, 0.1) is 13.0 Å². The zero-order valence-corrected chi connectivity index (χ0v) is 10.3. The summed E-state index contributed by atoms with van der Waals surface area (Å²) < 4.78 is 5.07. The Bertz CT molecular complexity index is 365. The van der Waals surface area contributed by atoms with Crippen molar-refractivity contribution in [3.05, 3.63) is 35.4 Å².